The number of morpholine rings is 1. The van der Waals surface area contributed by atoms with Crippen LogP contribution in [0.5, 0.6) is 0 Å². The molecule has 0 atom stereocenters. The van der Waals surface area contributed by atoms with E-state index in [-0.39, 0.29) is 22.8 Å². The molecule has 1 aliphatic heterocycles. The number of fused-ring (bicyclic) bond motifs is 1. The molecular formula is C22H23ClN2O4S. The summed E-state index contributed by atoms with van der Waals surface area (Å²) >= 11 is 6.17. The highest BCUT2D eigenvalue weighted by atomic mass is 35.5. The summed E-state index contributed by atoms with van der Waals surface area (Å²) in [6.07, 6.45) is 0. The molecule has 0 N–H and O–H groups in total. The summed E-state index contributed by atoms with van der Waals surface area (Å²) in [5.74, 6) is -0.167. The van der Waals surface area contributed by atoms with E-state index in [0.29, 0.717) is 35.9 Å². The fraction of sp³-hybridized carbons (Fsp3) is 0.318. The first-order chi connectivity index (χ1) is 14.4. The fourth-order valence-corrected chi connectivity index (χ4v) is 5.09. The lowest BCUT2D eigenvalue weighted by Gasteiger charge is -2.26. The molecule has 1 aromatic heterocycles. The van der Waals surface area contributed by atoms with Crippen LogP contribution < -0.4 is 5.56 Å². The highest BCUT2D eigenvalue weighted by Gasteiger charge is 2.18. The Balaban J connectivity index is 1.70. The molecule has 0 aliphatic carbocycles. The van der Waals surface area contributed by atoms with Gasteiger partial charge in [-0.1, -0.05) is 35.9 Å². The number of aryl methyl sites for hydroxylation is 1. The third-order valence-electron chi connectivity index (χ3n) is 5.32. The van der Waals surface area contributed by atoms with Crippen molar-refractivity contribution in [1.82, 2.24) is 9.47 Å². The van der Waals surface area contributed by atoms with Crippen molar-refractivity contribution in [2.24, 2.45) is 0 Å². The van der Waals surface area contributed by atoms with Crippen LogP contribution in [-0.2, 0) is 27.7 Å². The maximum absolute atomic E-state index is 13.3. The highest BCUT2D eigenvalue weighted by Crippen LogP contribution is 2.21. The molecule has 6 nitrogen and oxygen atoms in total. The molecule has 158 valence electrons. The Bertz CT molecular complexity index is 1200. The van der Waals surface area contributed by atoms with E-state index in [2.05, 4.69) is 4.90 Å². The molecule has 4 rings (SSSR count). The van der Waals surface area contributed by atoms with Gasteiger partial charge in [-0.3, -0.25) is 9.69 Å². The summed E-state index contributed by atoms with van der Waals surface area (Å²) in [4.78, 5) is 15.7. The molecule has 0 spiro atoms. The van der Waals surface area contributed by atoms with Crippen LogP contribution >= 0.6 is 11.6 Å². The first kappa shape index (κ1) is 21.1. The molecule has 0 saturated carbocycles. The number of hydrogen-bond donors (Lipinski definition) is 0. The van der Waals surface area contributed by atoms with Crippen molar-refractivity contribution in [3.63, 3.8) is 0 Å². The molecule has 0 bridgehead atoms. The summed E-state index contributed by atoms with van der Waals surface area (Å²) in [7, 11) is -3.51. The largest absolute Gasteiger partial charge is 0.379 e. The van der Waals surface area contributed by atoms with Crippen LogP contribution in [-0.4, -0.2) is 49.9 Å². The van der Waals surface area contributed by atoms with Crippen molar-refractivity contribution in [2.75, 3.05) is 32.1 Å². The average molecular weight is 447 g/mol. The zero-order chi connectivity index (χ0) is 21.1. The van der Waals surface area contributed by atoms with Gasteiger partial charge in [0.25, 0.3) is 5.56 Å². The standard InChI is InChI=1S/C22H23ClN2O4S/c23-19-7-6-17-14-18(16-24-8-11-29-12-9-24)22(26)25(21(17)15-19)10-13-30(27,28)20-4-2-1-3-5-20/h1-7,14-15H,8-13,16H2. The Morgan fingerprint density at radius 2 is 1.73 bits per heavy atom. The first-order valence-corrected chi connectivity index (χ1v) is 11.9. The van der Waals surface area contributed by atoms with Gasteiger partial charge in [0, 0.05) is 36.8 Å². The van der Waals surface area contributed by atoms with Gasteiger partial charge in [0.2, 0.25) is 0 Å². The second-order valence-corrected chi connectivity index (χ2v) is 9.90. The van der Waals surface area contributed by atoms with E-state index in [1.165, 1.54) is 4.57 Å². The minimum Gasteiger partial charge on any atom is -0.379 e. The van der Waals surface area contributed by atoms with E-state index in [1.807, 2.05) is 12.1 Å². The number of rotatable bonds is 6. The van der Waals surface area contributed by atoms with Gasteiger partial charge in [0.1, 0.15) is 0 Å². The van der Waals surface area contributed by atoms with Crippen LogP contribution in [0.2, 0.25) is 5.02 Å². The number of nitrogens with zero attached hydrogens (tertiary/aromatic N) is 2. The molecule has 0 radical (unpaired) electrons. The molecule has 1 aliphatic rings. The van der Waals surface area contributed by atoms with Gasteiger partial charge in [-0.2, -0.15) is 0 Å². The normalized spacial score (nSPS) is 15.5. The Labute approximate surface area is 180 Å². The van der Waals surface area contributed by atoms with E-state index in [9.17, 15) is 13.2 Å². The summed E-state index contributed by atoms with van der Waals surface area (Å²) in [6, 6.07) is 15.5. The molecule has 0 amide bonds. The quantitative estimate of drug-likeness (QED) is 0.582. The van der Waals surface area contributed by atoms with Crippen LogP contribution in [0.3, 0.4) is 0 Å². The van der Waals surface area contributed by atoms with Crippen LogP contribution in [0.4, 0.5) is 0 Å². The number of pyridine rings is 1. The van der Waals surface area contributed by atoms with E-state index >= 15 is 0 Å². The summed E-state index contributed by atoms with van der Waals surface area (Å²) in [6.45, 7) is 3.39. The van der Waals surface area contributed by atoms with E-state index in [4.69, 9.17) is 16.3 Å². The maximum atomic E-state index is 13.3. The van der Waals surface area contributed by atoms with Crippen molar-refractivity contribution >= 4 is 32.3 Å². The molecule has 8 heteroatoms. The van der Waals surface area contributed by atoms with Crippen molar-refractivity contribution in [3.05, 3.63) is 75.5 Å². The van der Waals surface area contributed by atoms with Crippen molar-refractivity contribution < 1.29 is 13.2 Å². The average Bonchev–Trinajstić information content (AvgIpc) is 2.75. The predicted molar refractivity (Wildman–Crippen MR) is 118 cm³/mol. The van der Waals surface area contributed by atoms with Crippen LogP contribution in [0.15, 0.2) is 64.3 Å². The van der Waals surface area contributed by atoms with Crippen molar-refractivity contribution in [3.8, 4) is 0 Å². The monoisotopic (exact) mass is 446 g/mol. The van der Waals surface area contributed by atoms with Gasteiger partial charge < -0.3 is 9.30 Å². The number of aromatic nitrogens is 1. The van der Waals surface area contributed by atoms with Crippen molar-refractivity contribution in [2.45, 2.75) is 18.0 Å². The number of ether oxygens (including phenoxy) is 1. The SMILES string of the molecule is O=c1c(CN2CCOCC2)cc2ccc(Cl)cc2n1CCS(=O)(=O)c1ccccc1. The number of halogens is 1. The van der Waals surface area contributed by atoms with Crippen LogP contribution in [0.25, 0.3) is 10.9 Å². The van der Waals surface area contributed by atoms with Crippen LogP contribution in [0, 0.1) is 0 Å². The predicted octanol–water partition coefficient (Wildman–Crippen LogP) is 2.96. The lowest BCUT2D eigenvalue weighted by Crippen LogP contribution is -2.38. The zero-order valence-electron chi connectivity index (χ0n) is 16.5. The molecule has 2 aromatic carbocycles. The van der Waals surface area contributed by atoms with Gasteiger partial charge >= 0.3 is 0 Å². The second kappa shape index (κ2) is 8.89. The summed E-state index contributed by atoms with van der Waals surface area (Å²) < 4.78 is 32.4. The summed E-state index contributed by atoms with van der Waals surface area (Å²) in [5.41, 5.74) is 1.10. The van der Waals surface area contributed by atoms with Gasteiger partial charge in [0.15, 0.2) is 9.84 Å². The molecule has 1 fully saturated rings. The summed E-state index contributed by atoms with van der Waals surface area (Å²) in [5, 5.41) is 1.36. The Morgan fingerprint density at radius 3 is 2.47 bits per heavy atom. The van der Waals surface area contributed by atoms with Gasteiger partial charge in [0.05, 0.1) is 29.4 Å². The molecule has 2 heterocycles. The minimum atomic E-state index is -3.51. The molecule has 30 heavy (non-hydrogen) atoms. The van der Waals surface area contributed by atoms with Crippen molar-refractivity contribution in [1.29, 1.82) is 0 Å². The van der Waals surface area contributed by atoms with E-state index in [0.717, 1.165) is 18.5 Å². The van der Waals surface area contributed by atoms with Gasteiger partial charge in [-0.05, 0) is 35.7 Å². The minimum absolute atomic E-state index is 0.0594. The molecule has 3 aromatic rings. The Hall–Kier alpha value is -2.19. The molecule has 0 unspecified atom stereocenters. The molecule has 1 saturated heterocycles. The third-order valence-corrected chi connectivity index (χ3v) is 7.26. The topological polar surface area (TPSA) is 68.6 Å². The Kier molecular flexibility index (Phi) is 6.24. The van der Waals surface area contributed by atoms with E-state index in [1.54, 1.807) is 42.5 Å². The first-order valence-electron chi connectivity index (χ1n) is 9.84. The highest BCUT2D eigenvalue weighted by molar-refractivity contribution is 7.91. The van der Waals surface area contributed by atoms with E-state index < -0.39 is 9.84 Å². The fourth-order valence-electron chi connectivity index (χ4n) is 3.70. The molecular weight excluding hydrogens is 424 g/mol. The smallest absolute Gasteiger partial charge is 0.255 e. The third kappa shape index (κ3) is 4.59. The lowest BCUT2D eigenvalue weighted by atomic mass is 10.1. The van der Waals surface area contributed by atoms with Gasteiger partial charge in [-0.25, -0.2) is 8.42 Å². The lowest BCUT2D eigenvalue weighted by molar-refractivity contribution is 0.0340. The number of sulfone groups is 1. The van der Waals surface area contributed by atoms with Crippen LogP contribution in [0.1, 0.15) is 5.56 Å². The van der Waals surface area contributed by atoms with Gasteiger partial charge in [-0.15, -0.1) is 0 Å². The maximum Gasteiger partial charge on any atom is 0.255 e. The second-order valence-electron chi connectivity index (χ2n) is 7.35. The zero-order valence-corrected chi connectivity index (χ0v) is 18.0. The number of benzene rings is 2. The number of hydrogen-bond acceptors (Lipinski definition) is 5. The Morgan fingerprint density at radius 1 is 1.00 bits per heavy atom.